The van der Waals surface area contributed by atoms with Crippen LogP contribution < -0.4 is 0 Å². The summed E-state index contributed by atoms with van der Waals surface area (Å²) in [5.41, 5.74) is 4.96. The summed E-state index contributed by atoms with van der Waals surface area (Å²) in [6.07, 6.45) is 3.73. The third-order valence-electron chi connectivity index (χ3n) is 2.44. The Labute approximate surface area is 84.2 Å². The highest BCUT2D eigenvalue weighted by Gasteiger charge is 2.02. The van der Waals surface area contributed by atoms with Gasteiger partial charge in [-0.25, -0.2) is 4.98 Å². The van der Waals surface area contributed by atoms with E-state index in [2.05, 4.69) is 48.5 Å². The van der Waals surface area contributed by atoms with Crippen LogP contribution >= 0.6 is 0 Å². The molecule has 0 aliphatic rings. The Balaban J connectivity index is 2.58. The summed E-state index contributed by atoms with van der Waals surface area (Å²) in [6, 6.07) is 6.45. The number of rotatable bonds is 1. The summed E-state index contributed by atoms with van der Waals surface area (Å²) in [7, 11) is 0. The maximum absolute atomic E-state index is 4.12. The Hall–Kier alpha value is -1.57. The summed E-state index contributed by atoms with van der Waals surface area (Å²) in [4.78, 5) is 4.12. The maximum Gasteiger partial charge on any atom is 0.0994 e. The number of aryl methyl sites for hydroxylation is 3. The normalized spacial score (nSPS) is 10.5. The fourth-order valence-electron chi connectivity index (χ4n) is 1.69. The molecule has 1 heterocycles. The van der Waals surface area contributed by atoms with Crippen molar-refractivity contribution in [3.63, 3.8) is 0 Å². The minimum Gasteiger partial charge on any atom is -0.303 e. The van der Waals surface area contributed by atoms with E-state index in [0.717, 1.165) is 5.69 Å². The molecule has 0 atom stereocenters. The van der Waals surface area contributed by atoms with E-state index in [1.807, 2.05) is 12.5 Å². The molecule has 2 rings (SSSR count). The number of aromatic nitrogens is 2. The summed E-state index contributed by atoms with van der Waals surface area (Å²) in [6.45, 7) is 6.30. The SMILES string of the molecule is Cc1ccc(-n2cncc2C)c(C)c1. The smallest absolute Gasteiger partial charge is 0.0994 e. The van der Waals surface area contributed by atoms with Gasteiger partial charge in [0.05, 0.1) is 6.33 Å². The monoisotopic (exact) mass is 186 g/mol. The molecule has 2 heteroatoms. The Kier molecular flexibility index (Phi) is 2.12. The number of imidazole rings is 1. The van der Waals surface area contributed by atoms with Gasteiger partial charge in [-0.1, -0.05) is 17.7 Å². The van der Waals surface area contributed by atoms with Crippen molar-refractivity contribution in [3.05, 3.63) is 47.5 Å². The van der Waals surface area contributed by atoms with Crippen molar-refractivity contribution < 1.29 is 0 Å². The van der Waals surface area contributed by atoms with Crippen molar-refractivity contribution >= 4 is 0 Å². The second kappa shape index (κ2) is 3.29. The first kappa shape index (κ1) is 9.00. The van der Waals surface area contributed by atoms with Crippen molar-refractivity contribution in [1.29, 1.82) is 0 Å². The molecule has 0 N–H and O–H groups in total. The molecule has 1 aromatic heterocycles. The molecule has 1 aromatic carbocycles. The molecule has 72 valence electrons. The quantitative estimate of drug-likeness (QED) is 0.669. The lowest BCUT2D eigenvalue weighted by Gasteiger charge is -2.09. The third kappa shape index (κ3) is 1.43. The number of benzene rings is 1. The molecule has 0 saturated heterocycles. The van der Waals surface area contributed by atoms with Crippen LogP contribution in [0.15, 0.2) is 30.7 Å². The zero-order valence-electron chi connectivity index (χ0n) is 8.78. The van der Waals surface area contributed by atoms with Gasteiger partial charge in [-0.15, -0.1) is 0 Å². The predicted molar refractivity (Wildman–Crippen MR) is 57.8 cm³/mol. The fourth-order valence-corrected chi connectivity index (χ4v) is 1.69. The minimum atomic E-state index is 1.16. The van der Waals surface area contributed by atoms with Gasteiger partial charge in [0.15, 0.2) is 0 Å². The van der Waals surface area contributed by atoms with Crippen molar-refractivity contribution in [2.45, 2.75) is 20.8 Å². The van der Waals surface area contributed by atoms with Crippen LogP contribution in [0, 0.1) is 20.8 Å². The summed E-state index contributed by atoms with van der Waals surface area (Å²) >= 11 is 0. The molecular formula is C12H14N2. The van der Waals surface area contributed by atoms with Crippen LogP contribution in [0.25, 0.3) is 5.69 Å². The van der Waals surface area contributed by atoms with Gasteiger partial charge in [-0.3, -0.25) is 0 Å². The zero-order valence-corrected chi connectivity index (χ0v) is 8.78. The lowest BCUT2D eigenvalue weighted by molar-refractivity contribution is 0.990. The number of hydrogen-bond donors (Lipinski definition) is 0. The van der Waals surface area contributed by atoms with Crippen LogP contribution in [0.3, 0.4) is 0 Å². The highest BCUT2D eigenvalue weighted by molar-refractivity contribution is 5.43. The molecule has 0 amide bonds. The molecule has 0 radical (unpaired) electrons. The van der Waals surface area contributed by atoms with E-state index in [9.17, 15) is 0 Å². The van der Waals surface area contributed by atoms with Crippen LogP contribution in [0.2, 0.25) is 0 Å². The van der Waals surface area contributed by atoms with Crippen LogP contribution in [0.1, 0.15) is 16.8 Å². The van der Waals surface area contributed by atoms with Gasteiger partial charge in [0.2, 0.25) is 0 Å². The molecule has 0 unspecified atom stereocenters. The third-order valence-corrected chi connectivity index (χ3v) is 2.44. The molecule has 0 aliphatic heterocycles. The Morgan fingerprint density at radius 1 is 1.14 bits per heavy atom. The summed E-state index contributed by atoms with van der Waals surface area (Å²) < 4.78 is 2.11. The first-order valence-corrected chi connectivity index (χ1v) is 4.75. The molecule has 14 heavy (non-hydrogen) atoms. The van der Waals surface area contributed by atoms with Gasteiger partial charge in [0.1, 0.15) is 0 Å². The van der Waals surface area contributed by atoms with E-state index >= 15 is 0 Å². The Morgan fingerprint density at radius 2 is 1.93 bits per heavy atom. The summed E-state index contributed by atoms with van der Waals surface area (Å²) in [5, 5.41) is 0. The first-order valence-electron chi connectivity index (χ1n) is 4.75. The molecule has 0 spiro atoms. The maximum atomic E-state index is 4.12. The van der Waals surface area contributed by atoms with E-state index in [4.69, 9.17) is 0 Å². The van der Waals surface area contributed by atoms with Crippen LogP contribution in [0.4, 0.5) is 0 Å². The predicted octanol–water partition coefficient (Wildman–Crippen LogP) is 2.80. The van der Waals surface area contributed by atoms with Gasteiger partial charge < -0.3 is 4.57 Å². The van der Waals surface area contributed by atoms with E-state index in [1.54, 1.807) is 0 Å². The second-order valence-corrected chi connectivity index (χ2v) is 3.69. The molecular weight excluding hydrogens is 172 g/mol. The average Bonchev–Trinajstić information content (AvgIpc) is 2.52. The van der Waals surface area contributed by atoms with Crippen molar-refractivity contribution in [2.75, 3.05) is 0 Å². The van der Waals surface area contributed by atoms with Crippen LogP contribution in [0.5, 0.6) is 0 Å². The minimum absolute atomic E-state index is 1.16. The van der Waals surface area contributed by atoms with Crippen LogP contribution in [-0.2, 0) is 0 Å². The Morgan fingerprint density at radius 3 is 2.50 bits per heavy atom. The van der Waals surface area contributed by atoms with E-state index in [0.29, 0.717) is 0 Å². The van der Waals surface area contributed by atoms with Crippen LogP contribution in [-0.4, -0.2) is 9.55 Å². The highest BCUT2D eigenvalue weighted by atomic mass is 15.0. The van der Waals surface area contributed by atoms with E-state index in [1.165, 1.54) is 16.8 Å². The van der Waals surface area contributed by atoms with Gasteiger partial charge in [-0.2, -0.15) is 0 Å². The van der Waals surface area contributed by atoms with Gasteiger partial charge in [0.25, 0.3) is 0 Å². The van der Waals surface area contributed by atoms with Crippen molar-refractivity contribution in [1.82, 2.24) is 9.55 Å². The first-order chi connectivity index (χ1) is 6.68. The van der Waals surface area contributed by atoms with Crippen molar-refractivity contribution in [2.24, 2.45) is 0 Å². The lowest BCUT2D eigenvalue weighted by Crippen LogP contribution is -1.97. The zero-order chi connectivity index (χ0) is 10.1. The standard InChI is InChI=1S/C12H14N2/c1-9-4-5-12(10(2)6-9)14-8-13-7-11(14)3/h4-8H,1-3H3. The fraction of sp³-hybridized carbons (Fsp3) is 0.250. The molecule has 0 aliphatic carbocycles. The molecule has 0 saturated carbocycles. The molecule has 2 aromatic rings. The average molecular weight is 186 g/mol. The largest absolute Gasteiger partial charge is 0.303 e. The van der Waals surface area contributed by atoms with Gasteiger partial charge in [0, 0.05) is 17.6 Å². The number of nitrogens with zero attached hydrogens (tertiary/aromatic N) is 2. The summed E-state index contributed by atoms with van der Waals surface area (Å²) in [5.74, 6) is 0. The van der Waals surface area contributed by atoms with E-state index < -0.39 is 0 Å². The van der Waals surface area contributed by atoms with Gasteiger partial charge in [-0.05, 0) is 32.4 Å². The molecule has 0 bridgehead atoms. The topological polar surface area (TPSA) is 17.8 Å². The lowest BCUT2D eigenvalue weighted by atomic mass is 10.1. The van der Waals surface area contributed by atoms with Crippen molar-refractivity contribution in [3.8, 4) is 5.69 Å². The van der Waals surface area contributed by atoms with Gasteiger partial charge >= 0.3 is 0 Å². The molecule has 0 fully saturated rings. The highest BCUT2D eigenvalue weighted by Crippen LogP contribution is 2.16. The Bertz CT molecular complexity index is 455. The molecule has 2 nitrogen and oxygen atoms in total. The van der Waals surface area contributed by atoms with E-state index in [-0.39, 0.29) is 0 Å². The number of hydrogen-bond acceptors (Lipinski definition) is 1. The second-order valence-electron chi connectivity index (χ2n) is 3.69.